The van der Waals surface area contributed by atoms with Crippen molar-refractivity contribution in [1.29, 1.82) is 0 Å². The Morgan fingerprint density at radius 2 is 2.20 bits per heavy atom. The number of aliphatic hydroxyl groups is 1. The third-order valence-corrected chi connectivity index (χ3v) is 2.66. The molecule has 0 aromatic heterocycles. The zero-order valence-electron chi connectivity index (χ0n) is 8.87. The van der Waals surface area contributed by atoms with Gasteiger partial charge >= 0.3 is 0 Å². The minimum Gasteiger partial charge on any atom is -0.497 e. The molecule has 0 heterocycles. The van der Waals surface area contributed by atoms with Crippen LogP contribution in [0.3, 0.4) is 0 Å². The van der Waals surface area contributed by atoms with Crippen LogP contribution < -0.4 is 9.47 Å². The fourth-order valence-corrected chi connectivity index (χ4v) is 1.50. The van der Waals surface area contributed by atoms with Crippen LogP contribution in [0.4, 0.5) is 0 Å². The Kier molecular flexibility index (Phi) is 4.91. The van der Waals surface area contributed by atoms with Crippen LogP contribution in [-0.4, -0.2) is 24.9 Å². The fraction of sp³-hybridized carbons (Fsp3) is 0.455. The van der Waals surface area contributed by atoms with E-state index in [4.69, 9.17) is 9.47 Å². The van der Waals surface area contributed by atoms with Gasteiger partial charge in [0.1, 0.15) is 18.1 Å². The molecule has 1 aromatic rings. The molecule has 1 unspecified atom stereocenters. The number of methoxy groups -OCH3 is 1. The lowest BCUT2D eigenvalue weighted by atomic mass is 10.3. The van der Waals surface area contributed by atoms with E-state index in [1.54, 1.807) is 7.11 Å². The molecule has 0 fully saturated rings. The van der Waals surface area contributed by atoms with Gasteiger partial charge in [-0.3, -0.25) is 0 Å². The molecule has 0 spiro atoms. The van der Waals surface area contributed by atoms with Crippen molar-refractivity contribution in [2.24, 2.45) is 0 Å². The van der Waals surface area contributed by atoms with E-state index in [1.807, 2.05) is 25.1 Å². The normalized spacial score (nSPS) is 12.3. The second-order valence-corrected chi connectivity index (χ2v) is 4.02. The van der Waals surface area contributed by atoms with Gasteiger partial charge in [0.05, 0.1) is 17.7 Å². The first-order valence-corrected chi connectivity index (χ1v) is 5.61. The summed E-state index contributed by atoms with van der Waals surface area (Å²) in [6.07, 6.45) is 0.271. The van der Waals surface area contributed by atoms with Crippen LogP contribution in [0.15, 0.2) is 22.7 Å². The van der Waals surface area contributed by atoms with Gasteiger partial charge < -0.3 is 14.6 Å². The number of hydrogen-bond donors (Lipinski definition) is 1. The summed E-state index contributed by atoms with van der Waals surface area (Å²) in [5.74, 6) is 1.48. The molecule has 0 saturated heterocycles. The van der Waals surface area contributed by atoms with Gasteiger partial charge in [0, 0.05) is 0 Å². The molecule has 0 radical (unpaired) electrons. The lowest BCUT2D eigenvalue weighted by Crippen LogP contribution is -2.16. The van der Waals surface area contributed by atoms with Crippen molar-refractivity contribution in [3.63, 3.8) is 0 Å². The maximum Gasteiger partial charge on any atom is 0.133 e. The smallest absolute Gasteiger partial charge is 0.133 e. The Morgan fingerprint density at radius 1 is 1.47 bits per heavy atom. The molecule has 1 atom stereocenters. The number of benzene rings is 1. The first-order valence-electron chi connectivity index (χ1n) is 4.81. The molecule has 4 heteroatoms. The minimum absolute atomic E-state index is 0.307. The summed E-state index contributed by atoms with van der Waals surface area (Å²) in [5.41, 5.74) is 0. The van der Waals surface area contributed by atoms with Crippen molar-refractivity contribution in [2.75, 3.05) is 13.7 Å². The quantitative estimate of drug-likeness (QED) is 0.897. The Hall–Kier alpha value is -0.740. The summed E-state index contributed by atoms with van der Waals surface area (Å²) >= 11 is 3.37. The maximum atomic E-state index is 9.35. The van der Waals surface area contributed by atoms with Crippen LogP contribution in [-0.2, 0) is 0 Å². The highest BCUT2D eigenvalue weighted by atomic mass is 79.9. The molecular formula is C11H15BrO3. The van der Waals surface area contributed by atoms with Gasteiger partial charge in [-0.05, 0) is 40.5 Å². The maximum absolute atomic E-state index is 9.35. The van der Waals surface area contributed by atoms with E-state index in [2.05, 4.69) is 15.9 Å². The van der Waals surface area contributed by atoms with Gasteiger partial charge in [0.15, 0.2) is 0 Å². The van der Waals surface area contributed by atoms with Crippen molar-refractivity contribution in [1.82, 2.24) is 0 Å². The van der Waals surface area contributed by atoms with Gasteiger partial charge in [-0.25, -0.2) is 0 Å². The fourth-order valence-electron chi connectivity index (χ4n) is 1.03. The van der Waals surface area contributed by atoms with Crippen molar-refractivity contribution < 1.29 is 14.6 Å². The minimum atomic E-state index is -0.418. The van der Waals surface area contributed by atoms with Crippen LogP contribution in [0.2, 0.25) is 0 Å². The van der Waals surface area contributed by atoms with Crippen molar-refractivity contribution in [3.05, 3.63) is 22.7 Å². The molecule has 1 rings (SSSR count). The summed E-state index contributed by atoms with van der Waals surface area (Å²) in [6.45, 7) is 2.22. The Labute approximate surface area is 98.1 Å². The van der Waals surface area contributed by atoms with Crippen LogP contribution in [0.1, 0.15) is 13.3 Å². The van der Waals surface area contributed by atoms with Crippen molar-refractivity contribution in [3.8, 4) is 11.5 Å². The zero-order chi connectivity index (χ0) is 11.3. The Morgan fingerprint density at radius 3 is 2.73 bits per heavy atom. The molecule has 0 bridgehead atoms. The first kappa shape index (κ1) is 12.3. The molecule has 0 saturated carbocycles. The van der Waals surface area contributed by atoms with Gasteiger partial charge in [-0.15, -0.1) is 0 Å². The van der Waals surface area contributed by atoms with E-state index < -0.39 is 6.10 Å². The Bertz CT molecular complexity index is 315. The third kappa shape index (κ3) is 3.72. The van der Waals surface area contributed by atoms with Crippen LogP contribution >= 0.6 is 15.9 Å². The molecule has 1 aromatic carbocycles. The molecule has 0 amide bonds. The molecule has 0 aliphatic carbocycles. The first-order chi connectivity index (χ1) is 7.17. The average Bonchev–Trinajstić information content (AvgIpc) is 2.26. The molecular weight excluding hydrogens is 260 g/mol. The van der Waals surface area contributed by atoms with Crippen LogP contribution in [0.25, 0.3) is 0 Å². The average molecular weight is 275 g/mol. The highest BCUT2D eigenvalue weighted by Gasteiger charge is 2.06. The second kappa shape index (κ2) is 5.98. The van der Waals surface area contributed by atoms with Crippen LogP contribution in [0.5, 0.6) is 11.5 Å². The predicted octanol–water partition coefficient (Wildman–Crippen LogP) is 2.61. The van der Waals surface area contributed by atoms with Crippen molar-refractivity contribution in [2.45, 2.75) is 19.4 Å². The largest absolute Gasteiger partial charge is 0.497 e. The lowest BCUT2D eigenvalue weighted by Gasteiger charge is -2.12. The highest BCUT2D eigenvalue weighted by Crippen LogP contribution is 2.29. The number of aliphatic hydroxyl groups excluding tert-OH is 1. The topological polar surface area (TPSA) is 38.7 Å². The predicted molar refractivity (Wildman–Crippen MR) is 62.5 cm³/mol. The molecule has 1 N–H and O–H groups in total. The van der Waals surface area contributed by atoms with Gasteiger partial charge in [0.25, 0.3) is 0 Å². The lowest BCUT2D eigenvalue weighted by molar-refractivity contribution is 0.104. The molecule has 0 aliphatic heterocycles. The Balaban J connectivity index is 2.62. The SMILES string of the molecule is CCC(O)COc1ccc(OC)cc1Br. The summed E-state index contributed by atoms with van der Waals surface area (Å²) in [4.78, 5) is 0. The monoisotopic (exact) mass is 274 g/mol. The molecule has 3 nitrogen and oxygen atoms in total. The number of rotatable bonds is 5. The molecule has 0 aliphatic rings. The number of hydrogen-bond acceptors (Lipinski definition) is 3. The zero-order valence-corrected chi connectivity index (χ0v) is 10.5. The molecule has 84 valence electrons. The summed E-state index contributed by atoms with van der Waals surface area (Å²) in [5, 5.41) is 9.35. The number of ether oxygens (including phenoxy) is 2. The van der Waals surface area contributed by atoms with Gasteiger partial charge in [-0.2, -0.15) is 0 Å². The molecule has 15 heavy (non-hydrogen) atoms. The van der Waals surface area contributed by atoms with E-state index in [1.165, 1.54) is 0 Å². The van der Waals surface area contributed by atoms with Gasteiger partial charge in [-0.1, -0.05) is 6.92 Å². The van der Waals surface area contributed by atoms with Gasteiger partial charge in [0.2, 0.25) is 0 Å². The third-order valence-electron chi connectivity index (χ3n) is 2.04. The van der Waals surface area contributed by atoms with Crippen LogP contribution in [0, 0.1) is 0 Å². The second-order valence-electron chi connectivity index (χ2n) is 3.17. The van der Waals surface area contributed by atoms with Crippen molar-refractivity contribution >= 4 is 15.9 Å². The summed E-state index contributed by atoms with van der Waals surface area (Å²) in [6, 6.07) is 5.46. The van der Waals surface area contributed by atoms with E-state index >= 15 is 0 Å². The van der Waals surface area contributed by atoms with E-state index in [0.717, 1.165) is 10.2 Å². The summed E-state index contributed by atoms with van der Waals surface area (Å²) < 4.78 is 11.3. The standard InChI is InChI=1S/C11H15BrO3/c1-3-8(13)7-15-11-5-4-9(14-2)6-10(11)12/h4-6,8,13H,3,7H2,1-2H3. The summed E-state index contributed by atoms with van der Waals surface area (Å²) in [7, 11) is 1.61. The van der Waals surface area contributed by atoms with E-state index in [-0.39, 0.29) is 0 Å². The van der Waals surface area contributed by atoms with E-state index in [9.17, 15) is 5.11 Å². The number of halogens is 1. The highest BCUT2D eigenvalue weighted by molar-refractivity contribution is 9.10. The van der Waals surface area contributed by atoms with E-state index in [0.29, 0.717) is 18.8 Å².